The number of unbranched alkanes of at least 4 members (excludes halogenated alkanes) is 2. The van der Waals surface area contributed by atoms with Crippen molar-refractivity contribution < 1.29 is 20.4 Å². The maximum Gasteiger partial charge on any atom is 0.195 e. The van der Waals surface area contributed by atoms with Crippen molar-refractivity contribution in [2.75, 3.05) is 0 Å². The van der Waals surface area contributed by atoms with Crippen LogP contribution in [0.15, 0.2) is 24.3 Å². The monoisotopic (exact) mass is 280 g/mol. The Labute approximate surface area is 117 Å². The van der Waals surface area contributed by atoms with Gasteiger partial charge in [0.05, 0.1) is 0 Å². The van der Waals surface area contributed by atoms with Gasteiger partial charge in [0.2, 0.25) is 0 Å². The molecule has 0 aliphatic rings. The average Bonchev–Trinajstić information content (AvgIpc) is 2.91. The molecule has 2 aromatic heterocycles. The molecule has 0 bridgehead atoms. The lowest BCUT2D eigenvalue weighted by Crippen LogP contribution is -2.17. The summed E-state index contributed by atoms with van der Waals surface area (Å²) in [5, 5.41) is 39.5. The molecule has 110 valence electrons. The Balaban J connectivity index is 2.40. The van der Waals surface area contributed by atoms with Crippen LogP contribution in [0.5, 0.6) is 23.5 Å². The molecule has 2 rings (SSSR count). The normalized spacial score (nSPS) is 11.3. The smallest absolute Gasteiger partial charge is 0.195 e. The lowest BCUT2D eigenvalue weighted by atomic mass is 10.1. The van der Waals surface area contributed by atoms with E-state index in [4.69, 9.17) is 0 Å². The molecule has 0 aromatic carbocycles. The van der Waals surface area contributed by atoms with Crippen LogP contribution >= 0.6 is 0 Å². The summed E-state index contributed by atoms with van der Waals surface area (Å²) in [6, 6.07) is 5.50. The summed E-state index contributed by atoms with van der Waals surface area (Å²) in [6.07, 6.45) is 2.85. The van der Waals surface area contributed by atoms with Gasteiger partial charge in [0.25, 0.3) is 0 Å². The van der Waals surface area contributed by atoms with E-state index in [-0.39, 0.29) is 23.5 Å². The lowest BCUT2D eigenvalue weighted by molar-refractivity contribution is 0.253. The van der Waals surface area contributed by atoms with Crippen LogP contribution in [-0.4, -0.2) is 29.6 Å². The second-order valence-corrected chi connectivity index (χ2v) is 4.82. The molecule has 0 radical (unpaired) electrons. The van der Waals surface area contributed by atoms with Gasteiger partial charge in [-0.15, -0.1) is 0 Å². The van der Waals surface area contributed by atoms with Crippen LogP contribution in [0.1, 0.15) is 38.8 Å². The van der Waals surface area contributed by atoms with E-state index in [9.17, 15) is 20.4 Å². The van der Waals surface area contributed by atoms with Crippen LogP contribution in [0.3, 0.4) is 0 Å². The second-order valence-electron chi connectivity index (χ2n) is 4.82. The van der Waals surface area contributed by atoms with Crippen molar-refractivity contribution in [3.8, 4) is 23.5 Å². The number of aromatic nitrogens is 2. The SMILES string of the molecule is CCCCCC(n1c(O)ccc1O)n1c(O)ccc1O. The van der Waals surface area contributed by atoms with Crippen molar-refractivity contribution >= 4 is 0 Å². The van der Waals surface area contributed by atoms with Gasteiger partial charge < -0.3 is 20.4 Å². The molecule has 6 heteroatoms. The Morgan fingerprint density at radius 3 is 1.55 bits per heavy atom. The van der Waals surface area contributed by atoms with E-state index in [0.717, 1.165) is 19.3 Å². The van der Waals surface area contributed by atoms with Gasteiger partial charge in [0, 0.05) is 24.3 Å². The maximum absolute atomic E-state index is 9.87. The Morgan fingerprint density at radius 2 is 1.20 bits per heavy atom. The molecule has 0 saturated heterocycles. The molecular formula is C14H20N2O4. The zero-order valence-electron chi connectivity index (χ0n) is 11.4. The van der Waals surface area contributed by atoms with Gasteiger partial charge in [0.15, 0.2) is 23.5 Å². The highest BCUT2D eigenvalue weighted by Crippen LogP contribution is 2.36. The molecule has 0 aliphatic carbocycles. The Morgan fingerprint density at radius 1 is 0.800 bits per heavy atom. The number of hydrogen-bond acceptors (Lipinski definition) is 4. The van der Waals surface area contributed by atoms with E-state index in [1.54, 1.807) is 0 Å². The standard InChI is InChI=1S/C14H20N2O4/c1-2-3-4-5-10(15-11(17)6-7-12(15)18)16-13(19)8-9-14(16)20/h6-10,17-20H,2-5H2,1H3. The van der Waals surface area contributed by atoms with Crippen LogP contribution in [-0.2, 0) is 0 Å². The van der Waals surface area contributed by atoms with Gasteiger partial charge in [-0.05, 0) is 12.8 Å². The van der Waals surface area contributed by atoms with Crippen LogP contribution in [0.4, 0.5) is 0 Å². The summed E-state index contributed by atoms with van der Waals surface area (Å²) in [5.41, 5.74) is 0. The maximum atomic E-state index is 9.87. The second kappa shape index (κ2) is 5.81. The van der Waals surface area contributed by atoms with Crippen molar-refractivity contribution in [3.05, 3.63) is 24.3 Å². The third kappa shape index (κ3) is 2.54. The Bertz CT molecular complexity index is 488. The van der Waals surface area contributed by atoms with Gasteiger partial charge in [-0.2, -0.15) is 0 Å². The van der Waals surface area contributed by atoms with Gasteiger partial charge in [0.1, 0.15) is 6.17 Å². The molecule has 2 aromatic rings. The molecule has 6 nitrogen and oxygen atoms in total. The van der Waals surface area contributed by atoms with Gasteiger partial charge in [-0.3, -0.25) is 9.13 Å². The van der Waals surface area contributed by atoms with Crippen molar-refractivity contribution in [1.82, 2.24) is 9.13 Å². The summed E-state index contributed by atoms with van der Waals surface area (Å²) >= 11 is 0. The number of nitrogens with zero attached hydrogens (tertiary/aromatic N) is 2. The molecular weight excluding hydrogens is 260 g/mol. The van der Waals surface area contributed by atoms with E-state index in [1.807, 2.05) is 0 Å². The molecule has 0 fully saturated rings. The zero-order valence-corrected chi connectivity index (χ0v) is 11.4. The number of rotatable bonds is 6. The molecule has 0 saturated carbocycles. The first-order valence-corrected chi connectivity index (χ1v) is 6.74. The minimum atomic E-state index is -0.577. The average molecular weight is 280 g/mol. The minimum absolute atomic E-state index is 0.114. The molecule has 4 N–H and O–H groups in total. The zero-order chi connectivity index (χ0) is 14.7. The van der Waals surface area contributed by atoms with Crippen LogP contribution in [0.25, 0.3) is 0 Å². The summed E-state index contributed by atoms with van der Waals surface area (Å²) in [7, 11) is 0. The van der Waals surface area contributed by atoms with Crippen molar-refractivity contribution in [2.45, 2.75) is 38.8 Å². The predicted molar refractivity (Wildman–Crippen MR) is 74.1 cm³/mol. The van der Waals surface area contributed by atoms with Gasteiger partial charge >= 0.3 is 0 Å². The molecule has 0 aliphatic heterocycles. The first kappa shape index (κ1) is 14.2. The van der Waals surface area contributed by atoms with Crippen LogP contribution in [0, 0.1) is 0 Å². The Kier molecular flexibility index (Phi) is 4.12. The molecule has 0 spiro atoms. The molecule has 2 heterocycles. The fourth-order valence-corrected chi connectivity index (χ4v) is 2.42. The van der Waals surface area contributed by atoms with Gasteiger partial charge in [-0.1, -0.05) is 19.8 Å². The minimum Gasteiger partial charge on any atom is -0.494 e. The van der Waals surface area contributed by atoms with Crippen molar-refractivity contribution in [1.29, 1.82) is 0 Å². The fraction of sp³-hybridized carbons (Fsp3) is 0.429. The molecule has 0 amide bonds. The van der Waals surface area contributed by atoms with Crippen molar-refractivity contribution in [3.63, 3.8) is 0 Å². The Hall–Kier alpha value is -2.24. The highest BCUT2D eigenvalue weighted by molar-refractivity contribution is 5.29. The summed E-state index contributed by atoms with van der Waals surface area (Å²) in [5.74, 6) is -0.457. The summed E-state index contributed by atoms with van der Waals surface area (Å²) < 4.78 is 2.57. The summed E-state index contributed by atoms with van der Waals surface area (Å²) in [6.45, 7) is 2.07. The predicted octanol–water partition coefficient (Wildman–Crippen LogP) is 2.74. The topological polar surface area (TPSA) is 90.8 Å². The quantitative estimate of drug-likeness (QED) is 0.612. The largest absolute Gasteiger partial charge is 0.494 e. The van der Waals surface area contributed by atoms with Gasteiger partial charge in [-0.25, -0.2) is 0 Å². The van der Waals surface area contributed by atoms with Crippen LogP contribution < -0.4 is 0 Å². The third-order valence-electron chi connectivity index (χ3n) is 3.41. The number of hydrogen-bond donors (Lipinski definition) is 4. The summed E-state index contributed by atoms with van der Waals surface area (Å²) in [4.78, 5) is 0. The van der Waals surface area contributed by atoms with E-state index in [2.05, 4.69) is 6.92 Å². The van der Waals surface area contributed by atoms with E-state index in [0.29, 0.717) is 6.42 Å². The fourth-order valence-electron chi connectivity index (χ4n) is 2.42. The highest BCUT2D eigenvalue weighted by Gasteiger charge is 2.23. The van der Waals surface area contributed by atoms with E-state index < -0.39 is 6.17 Å². The van der Waals surface area contributed by atoms with Crippen molar-refractivity contribution in [2.24, 2.45) is 0 Å². The molecule has 0 atom stereocenters. The molecule has 0 unspecified atom stereocenters. The third-order valence-corrected chi connectivity index (χ3v) is 3.41. The first-order valence-electron chi connectivity index (χ1n) is 6.74. The number of aromatic hydroxyl groups is 4. The molecule has 20 heavy (non-hydrogen) atoms. The van der Waals surface area contributed by atoms with Crippen LogP contribution in [0.2, 0.25) is 0 Å². The highest BCUT2D eigenvalue weighted by atomic mass is 16.3. The first-order chi connectivity index (χ1) is 9.56. The van der Waals surface area contributed by atoms with E-state index in [1.165, 1.54) is 33.4 Å². The van der Waals surface area contributed by atoms with E-state index >= 15 is 0 Å². The lowest BCUT2D eigenvalue weighted by Gasteiger charge is -2.23.